The summed E-state index contributed by atoms with van der Waals surface area (Å²) in [5, 5.41) is 3.07. The van der Waals surface area contributed by atoms with Gasteiger partial charge in [0.1, 0.15) is 0 Å². The Bertz CT molecular complexity index is 412. The third kappa shape index (κ3) is 2.43. The van der Waals surface area contributed by atoms with Crippen molar-refractivity contribution in [3.63, 3.8) is 0 Å². The second-order valence-electron chi connectivity index (χ2n) is 4.79. The lowest BCUT2D eigenvalue weighted by Gasteiger charge is -2.25. The van der Waals surface area contributed by atoms with Gasteiger partial charge in [0.2, 0.25) is 0 Å². The van der Waals surface area contributed by atoms with E-state index in [1.807, 2.05) is 43.3 Å². The van der Waals surface area contributed by atoms with Crippen molar-refractivity contribution >= 4 is 11.6 Å². The third-order valence-corrected chi connectivity index (χ3v) is 3.66. The quantitative estimate of drug-likeness (QED) is 0.865. The molecular weight excluding hydrogens is 212 g/mol. The van der Waals surface area contributed by atoms with Gasteiger partial charge in [-0.3, -0.25) is 4.79 Å². The van der Waals surface area contributed by atoms with Crippen LogP contribution in [-0.4, -0.2) is 30.9 Å². The van der Waals surface area contributed by atoms with Gasteiger partial charge in [0.15, 0.2) is 0 Å². The van der Waals surface area contributed by atoms with Crippen LogP contribution in [0.15, 0.2) is 24.3 Å². The molecule has 92 valence electrons. The van der Waals surface area contributed by atoms with Gasteiger partial charge in [0.05, 0.1) is 5.56 Å². The first-order valence-electron chi connectivity index (χ1n) is 6.19. The molecule has 1 saturated carbocycles. The van der Waals surface area contributed by atoms with Crippen molar-refractivity contribution in [3.8, 4) is 0 Å². The van der Waals surface area contributed by atoms with Crippen molar-refractivity contribution in [1.29, 1.82) is 0 Å². The molecule has 0 aromatic heterocycles. The molecule has 0 radical (unpaired) electrons. The van der Waals surface area contributed by atoms with Crippen molar-refractivity contribution < 1.29 is 4.79 Å². The fourth-order valence-electron chi connectivity index (χ4n) is 2.16. The van der Waals surface area contributed by atoms with Gasteiger partial charge in [-0.15, -0.1) is 0 Å². The molecule has 1 N–H and O–H groups in total. The predicted octanol–water partition coefficient (Wildman–Crippen LogP) is 2.60. The van der Waals surface area contributed by atoms with Gasteiger partial charge in [-0.1, -0.05) is 12.1 Å². The van der Waals surface area contributed by atoms with E-state index >= 15 is 0 Å². The summed E-state index contributed by atoms with van der Waals surface area (Å²) < 4.78 is 0. The number of para-hydroxylation sites is 1. The van der Waals surface area contributed by atoms with E-state index in [0.29, 0.717) is 12.0 Å². The molecule has 1 aromatic rings. The minimum atomic E-state index is 0.106. The van der Waals surface area contributed by atoms with Gasteiger partial charge < -0.3 is 10.2 Å². The van der Waals surface area contributed by atoms with Crippen molar-refractivity contribution in [2.75, 3.05) is 19.4 Å². The number of rotatable bonds is 4. The van der Waals surface area contributed by atoms with Gasteiger partial charge in [0.25, 0.3) is 5.91 Å². The second kappa shape index (κ2) is 4.78. The van der Waals surface area contributed by atoms with Crippen LogP contribution in [0.2, 0.25) is 0 Å². The van der Waals surface area contributed by atoms with E-state index in [1.54, 1.807) is 0 Å². The fourth-order valence-corrected chi connectivity index (χ4v) is 2.16. The highest BCUT2D eigenvalue weighted by molar-refractivity contribution is 5.99. The summed E-state index contributed by atoms with van der Waals surface area (Å²) in [5.41, 5.74) is 1.65. The molecule has 17 heavy (non-hydrogen) atoms. The number of hydrogen-bond acceptors (Lipinski definition) is 2. The molecule has 1 aliphatic carbocycles. The Morgan fingerprint density at radius 2 is 2.06 bits per heavy atom. The van der Waals surface area contributed by atoms with E-state index in [1.165, 1.54) is 12.8 Å². The largest absolute Gasteiger partial charge is 0.387 e. The topological polar surface area (TPSA) is 32.3 Å². The molecule has 0 saturated heterocycles. The van der Waals surface area contributed by atoms with Gasteiger partial charge in [0, 0.05) is 25.8 Å². The maximum Gasteiger partial charge on any atom is 0.255 e. The van der Waals surface area contributed by atoms with E-state index < -0.39 is 0 Å². The summed E-state index contributed by atoms with van der Waals surface area (Å²) in [5.74, 6) is 0.806. The number of hydrogen-bond donors (Lipinski definition) is 1. The van der Waals surface area contributed by atoms with Crippen LogP contribution in [0.5, 0.6) is 0 Å². The van der Waals surface area contributed by atoms with Crippen LogP contribution in [0.4, 0.5) is 5.69 Å². The van der Waals surface area contributed by atoms with Crippen molar-refractivity contribution in [2.24, 2.45) is 5.92 Å². The molecule has 1 fully saturated rings. The predicted molar refractivity (Wildman–Crippen MR) is 70.3 cm³/mol. The number of amides is 1. The van der Waals surface area contributed by atoms with E-state index in [-0.39, 0.29) is 5.91 Å². The number of nitrogens with one attached hydrogen (secondary N) is 1. The van der Waals surface area contributed by atoms with Gasteiger partial charge in [-0.25, -0.2) is 0 Å². The third-order valence-electron chi connectivity index (χ3n) is 3.66. The number of nitrogens with zero attached hydrogens (tertiary/aromatic N) is 1. The maximum atomic E-state index is 12.4. The molecule has 1 aromatic carbocycles. The Morgan fingerprint density at radius 3 is 2.65 bits per heavy atom. The first-order valence-corrected chi connectivity index (χ1v) is 6.19. The first kappa shape index (κ1) is 12.0. The Hall–Kier alpha value is -1.51. The molecule has 0 heterocycles. The van der Waals surface area contributed by atoms with Crippen molar-refractivity contribution in [3.05, 3.63) is 29.8 Å². The standard InChI is InChI=1S/C14H20N2O/c1-10(11-8-9-11)16(3)14(17)12-6-4-5-7-13(12)15-2/h4-7,10-11,15H,8-9H2,1-3H3. The van der Waals surface area contributed by atoms with Crippen LogP contribution in [0.1, 0.15) is 30.1 Å². The van der Waals surface area contributed by atoms with Crippen molar-refractivity contribution in [1.82, 2.24) is 4.90 Å². The molecule has 1 amide bonds. The molecule has 1 atom stereocenters. The zero-order valence-corrected chi connectivity index (χ0v) is 10.7. The lowest BCUT2D eigenvalue weighted by atomic mass is 10.1. The number of carbonyl (C=O) groups excluding carboxylic acids is 1. The van der Waals surface area contributed by atoms with Gasteiger partial charge >= 0.3 is 0 Å². The van der Waals surface area contributed by atoms with Gasteiger partial charge in [-0.2, -0.15) is 0 Å². The monoisotopic (exact) mass is 232 g/mol. The molecular formula is C14H20N2O. The van der Waals surface area contributed by atoms with Crippen LogP contribution in [0, 0.1) is 5.92 Å². The maximum absolute atomic E-state index is 12.4. The summed E-state index contributed by atoms with van der Waals surface area (Å²) in [4.78, 5) is 14.3. The average molecular weight is 232 g/mol. The highest BCUT2D eigenvalue weighted by Gasteiger charge is 2.33. The number of carbonyl (C=O) groups is 1. The Labute approximate surface area is 103 Å². The molecule has 3 heteroatoms. The smallest absolute Gasteiger partial charge is 0.255 e. The van der Waals surface area contributed by atoms with E-state index in [9.17, 15) is 4.79 Å². The minimum absolute atomic E-state index is 0.106. The minimum Gasteiger partial charge on any atom is -0.387 e. The van der Waals surface area contributed by atoms with Crippen LogP contribution in [0.3, 0.4) is 0 Å². The summed E-state index contributed by atoms with van der Waals surface area (Å²) in [7, 11) is 3.74. The Balaban J connectivity index is 2.17. The molecule has 0 bridgehead atoms. The highest BCUT2D eigenvalue weighted by Crippen LogP contribution is 2.35. The molecule has 0 spiro atoms. The lowest BCUT2D eigenvalue weighted by molar-refractivity contribution is 0.0728. The van der Waals surface area contributed by atoms with Crippen LogP contribution < -0.4 is 5.32 Å². The Kier molecular flexibility index (Phi) is 3.36. The zero-order chi connectivity index (χ0) is 12.4. The van der Waals surface area contributed by atoms with Crippen LogP contribution in [-0.2, 0) is 0 Å². The van der Waals surface area contributed by atoms with Gasteiger partial charge in [-0.05, 0) is 37.8 Å². The number of benzene rings is 1. The molecule has 1 unspecified atom stereocenters. The summed E-state index contributed by atoms with van der Waals surface area (Å²) >= 11 is 0. The summed E-state index contributed by atoms with van der Waals surface area (Å²) in [6.07, 6.45) is 2.51. The highest BCUT2D eigenvalue weighted by atomic mass is 16.2. The van der Waals surface area contributed by atoms with E-state index in [2.05, 4.69) is 12.2 Å². The summed E-state index contributed by atoms with van der Waals surface area (Å²) in [6.45, 7) is 2.14. The summed E-state index contributed by atoms with van der Waals surface area (Å²) in [6, 6.07) is 8.00. The number of anilines is 1. The van der Waals surface area contributed by atoms with Crippen LogP contribution >= 0.6 is 0 Å². The van der Waals surface area contributed by atoms with E-state index in [0.717, 1.165) is 11.3 Å². The zero-order valence-electron chi connectivity index (χ0n) is 10.7. The molecule has 2 rings (SSSR count). The van der Waals surface area contributed by atoms with Crippen LogP contribution in [0.25, 0.3) is 0 Å². The fraction of sp³-hybridized carbons (Fsp3) is 0.500. The molecule has 3 nitrogen and oxygen atoms in total. The molecule has 0 aliphatic heterocycles. The lowest BCUT2D eigenvalue weighted by Crippen LogP contribution is -2.36. The SMILES string of the molecule is CNc1ccccc1C(=O)N(C)C(C)C1CC1. The average Bonchev–Trinajstić information content (AvgIpc) is 3.20. The first-order chi connectivity index (χ1) is 8.15. The Morgan fingerprint density at radius 1 is 1.41 bits per heavy atom. The second-order valence-corrected chi connectivity index (χ2v) is 4.79. The normalized spacial score (nSPS) is 16.4. The van der Waals surface area contributed by atoms with Crippen molar-refractivity contribution in [2.45, 2.75) is 25.8 Å². The van der Waals surface area contributed by atoms with E-state index in [4.69, 9.17) is 0 Å². The molecule has 1 aliphatic rings.